The first kappa shape index (κ1) is 51.0. The molecule has 358 valence electrons. The van der Waals surface area contributed by atoms with Crippen molar-refractivity contribution in [1.29, 1.82) is 0 Å². The SMILES string of the molecule is C.CCOc1ccc(Nc2ccc(CCN(Cc3ccccc3)C[C@H](O)c3ccc(OCc4ccccc4)c(C(=O)OC)c3)cc2)cc1.COC(=O)c1cc([C@@H]2CO2)ccc1OCc1ccccc1. The summed E-state index contributed by atoms with van der Waals surface area (Å²) < 4.78 is 32.4. The number of rotatable bonds is 21. The van der Waals surface area contributed by atoms with Crippen LogP contribution in [0.5, 0.6) is 17.2 Å². The molecular formula is C58H62N2O9. The van der Waals surface area contributed by atoms with Crippen LogP contribution in [0.1, 0.15) is 80.7 Å². The highest BCUT2D eigenvalue weighted by atomic mass is 16.6. The van der Waals surface area contributed by atoms with Gasteiger partial charge < -0.3 is 38.8 Å². The van der Waals surface area contributed by atoms with E-state index in [4.69, 9.17) is 28.4 Å². The first-order valence-electron chi connectivity index (χ1n) is 22.7. The molecule has 1 heterocycles. The molecule has 0 aromatic heterocycles. The second kappa shape index (κ2) is 26.2. The second-order valence-electron chi connectivity index (χ2n) is 16.1. The number of ether oxygens (including phenoxy) is 6. The zero-order valence-corrected chi connectivity index (χ0v) is 38.7. The van der Waals surface area contributed by atoms with Gasteiger partial charge >= 0.3 is 11.9 Å². The Morgan fingerprint density at radius 3 is 1.67 bits per heavy atom. The maximum atomic E-state index is 12.7. The van der Waals surface area contributed by atoms with Crippen LogP contribution in [0.2, 0.25) is 0 Å². The van der Waals surface area contributed by atoms with Crippen molar-refractivity contribution in [3.8, 4) is 17.2 Å². The summed E-state index contributed by atoms with van der Waals surface area (Å²) in [6, 6.07) is 56.9. The molecule has 8 rings (SSSR count). The number of aliphatic hydroxyl groups excluding tert-OH is 1. The number of aliphatic hydroxyl groups is 1. The van der Waals surface area contributed by atoms with E-state index in [1.165, 1.54) is 19.8 Å². The van der Waals surface area contributed by atoms with Crippen LogP contribution in [0.15, 0.2) is 176 Å². The molecule has 7 aromatic rings. The van der Waals surface area contributed by atoms with Gasteiger partial charge in [0.1, 0.15) is 47.7 Å². The van der Waals surface area contributed by atoms with E-state index < -0.39 is 18.0 Å². The van der Waals surface area contributed by atoms with Gasteiger partial charge in [0.2, 0.25) is 0 Å². The molecule has 2 atom stereocenters. The fourth-order valence-corrected chi connectivity index (χ4v) is 7.44. The number of nitrogens with zero attached hydrogens (tertiary/aromatic N) is 1. The molecule has 7 aromatic carbocycles. The zero-order valence-electron chi connectivity index (χ0n) is 38.7. The van der Waals surface area contributed by atoms with Crippen molar-refractivity contribution in [3.63, 3.8) is 0 Å². The van der Waals surface area contributed by atoms with Crippen LogP contribution >= 0.6 is 0 Å². The normalized spacial score (nSPS) is 12.9. The van der Waals surface area contributed by atoms with E-state index in [-0.39, 0.29) is 19.1 Å². The van der Waals surface area contributed by atoms with E-state index in [9.17, 15) is 14.7 Å². The van der Waals surface area contributed by atoms with Crippen molar-refractivity contribution in [3.05, 3.63) is 220 Å². The van der Waals surface area contributed by atoms with Gasteiger partial charge in [-0.15, -0.1) is 0 Å². The third kappa shape index (κ3) is 15.6. The Morgan fingerprint density at radius 2 is 1.14 bits per heavy atom. The van der Waals surface area contributed by atoms with Crippen LogP contribution in [0.3, 0.4) is 0 Å². The van der Waals surface area contributed by atoms with Crippen molar-refractivity contribution < 1.29 is 43.1 Å². The minimum absolute atomic E-state index is 0. The number of carbonyl (C=O) groups is 2. The summed E-state index contributed by atoms with van der Waals surface area (Å²) in [5.41, 5.74) is 8.71. The Hall–Kier alpha value is -7.44. The maximum absolute atomic E-state index is 12.7. The number of anilines is 2. The first-order valence-corrected chi connectivity index (χ1v) is 22.7. The molecule has 2 N–H and O–H groups in total. The smallest absolute Gasteiger partial charge is 0.341 e. The Balaban J connectivity index is 0.000000296. The summed E-state index contributed by atoms with van der Waals surface area (Å²) in [6.45, 7) is 5.84. The highest BCUT2D eigenvalue weighted by molar-refractivity contribution is 5.93. The summed E-state index contributed by atoms with van der Waals surface area (Å²) in [5.74, 6) is 0.880. The Labute approximate surface area is 406 Å². The molecule has 0 saturated carbocycles. The number of hydrogen-bond acceptors (Lipinski definition) is 11. The lowest BCUT2D eigenvalue weighted by molar-refractivity contribution is 0.0585. The molecule has 11 heteroatoms. The average Bonchev–Trinajstić information content (AvgIpc) is 4.25. The number of methoxy groups -OCH3 is 2. The van der Waals surface area contributed by atoms with E-state index in [0.717, 1.165) is 52.3 Å². The lowest BCUT2D eigenvalue weighted by Crippen LogP contribution is -2.30. The largest absolute Gasteiger partial charge is 0.494 e. The monoisotopic (exact) mass is 930 g/mol. The molecule has 0 spiro atoms. The van der Waals surface area contributed by atoms with Gasteiger partial charge in [0, 0.05) is 31.0 Å². The zero-order chi connectivity index (χ0) is 47.5. The van der Waals surface area contributed by atoms with Crippen LogP contribution in [0, 0.1) is 0 Å². The number of epoxide rings is 1. The highest BCUT2D eigenvalue weighted by Crippen LogP contribution is 2.33. The Bertz CT molecular complexity index is 2640. The average molecular weight is 931 g/mol. The molecule has 0 amide bonds. The summed E-state index contributed by atoms with van der Waals surface area (Å²) >= 11 is 0. The molecule has 11 nitrogen and oxygen atoms in total. The second-order valence-corrected chi connectivity index (χ2v) is 16.1. The van der Waals surface area contributed by atoms with Crippen molar-refractivity contribution in [1.82, 2.24) is 4.90 Å². The fraction of sp³-hybridized carbons (Fsp3) is 0.241. The van der Waals surface area contributed by atoms with E-state index in [2.05, 4.69) is 46.6 Å². The molecular weight excluding hydrogens is 869 g/mol. The minimum Gasteiger partial charge on any atom is -0.494 e. The molecule has 0 unspecified atom stereocenters. The summed E-state index contributed by atoms with van der Waals surface area (Å²) in [6.07, 6.45) is 0.0744. The van der Waals surface area contributed by atoms with Crippen LogP contribution in [0.25, 0.3) is 0 Å². The van der Waals surface area contributed by atoms with Gasteiger partial charge in [0.25, 0.3) is 0 Å². The number of esters is 2. The number of benzene rings is 7. The third-order valence-electron chi connectivity index (χ3n) is 11.2. The fourth-order valence-electron chi connectivity index (χ4n) is 7.44. The van der Waals surface area contributed by atoms with Crippen molar-refractivity contribution in [2.24, 2.45) is 0 Å². The van der Waals surface area contributed by atoms with Crippen LogP contribution in [-0.2, 0) is 40.4 Å². The maximum Gasteiger partial charge on any atom is 0.341 e. The molecule has 0 radical (unpaired) electrons. The minimum atomic E-state index is -0.828. The number of hydrogen-bond donors (Lipinski definition) is 2. The lowest BCUT2D eigenvalue weighted by Gasteiger charge is -2.26. The first-order chi connectivity index (χ1) is 33.3. The van der Waals surface area contributed by atoms with Gasteiger partial charge in [-0.25, -0.2) is 9.59 Å². The van der Waals surface area contributed by atoms with Gasteiger partial charge in [-0.2, -0.15) is 0 Å². The Kier molecular flexibility index (Phi) is 19.3. The predicted molar refractivity (Wildman–Crippen MR) is 270 cm³/mol. The molecule has 1 fully saturated rings. The lowest BCUT2D eigenvalue weighted by atomic mass is 10.0. The van der Waals surface area contributed by atoms with Crippen molar-refractivity contribution in [2.75, 3.05) is 45.8 Å². The molecule has 69 heavy (non-hydrogen) atoms. The Morgan fingerprint density at radius 1 is 0.638 bits per heavy atom. The molecule has 1 saturated heterocycles. The van der Waals surface area contributed by atoms with E-state index in [1.54, 1.807) is 24.3 Å². The predicted octanol–water partition coefficient (Wildman–Crippen LogP) is 11.7. The molecule has 0 bridgehead atoms. The van der Waals surface area contributed by atoms with Gasteiger partial charge in [-0.3, -0.25) is 4.90 Å². The quantitative estimate of drug-likeness (QED) is 0.0528. The van der Waals surface area contributed by atoms with E-state index >= 15 is 0 Å². The molecule has 1 aliphatic heterocycles. The topological polar surface area (TPSA) is 128 Å². The number of carbonyl (C=O) groups excluding carboxylic acids is 2. The number of nitrogens with one attached hydrogen (secondary N) is 1. The van der Waals surface area contributed by atoms with Crippen LogP contribution in [0.4, 0.5) is 11.4 Å². The van der Waals surface area contributed by atoms with Gasteiger partial charge in [-0.05, 0) is 107 Å². The van der Waals surface area contributed by atoms with Gasteiger partial charge in [-0.1, -0.05) is 123 Å². The van der Waals surface area contributed by atoms with E-state index in [0.29, 0.717) is 62.1 Å². The van der Waals surface area contributed by atoms with E-state index in [1.807, 2.05) is 122 Å². The van der Waals surface area contributed by atoms with Gasteiger partial charge in [0.15, 0.2) is 0 Å². The van der Waals surface area contributed by atoms with Crippen LogP contribution in [-0.4, -0.2) is 62.5 Å². The molecule has 0 aliphatic carbocycles. The summed E-state index contributed by atoms with van der Waals surface area (Å²) in [4.78, 5) is 26.8. The third-order valence-corrected chi connectivity index (χ3v) is 11.2. The van der Waals surface area contributed by atoms with Crippen LogP contribution < -0.4 is 19.5 Å². The van der Waals surface area contributed by atoms with Crippen molar-refractivity contribution in [2.45, 2.75) is 52.7 Å². The summed E-state index contributed by atoms with van der Waals surface area (Å²) in [7, 11) is 2.71. The standard InChI is InChI=1S/C40H42N2O5.C17H16O4.CH4/c1-3-46-36-21-19-35(20-22-36)41-34-17-14-30(15-18-34)24-25-42(27-31-10-6-4-7-11-31)28-38(43)33-16-23-39(37(26-33)40(44)45-2)47-29-32-12-8-5-9-13-32;1-19-17(18)14-9-13(16-11-21-16)7-8-15(14)20-10-12-5-3-2-4-6-12;/h4-23,26,38,41,43H,3,24-25,27-29H2,1-2H3;2-9,16H,10-11H2,1H3;1H4/t38-;16-;/m00./s1. The molecule has 1 aliphatic rings. The highest BCUT2D eigenvalue weighted by Gasteiger charge is 2.27. The summed E-state index contributed by atoms with van der Waals surface area (Å²) in [5, 5.41) is 14.9. The van der Waals surface area contributed by atoms with Gasteiger partial charge in [0.05, 0.1) is 33.5 Å². The van der Waals surface area contributed by atoms with Crippen molar-refractivity contribution >= 4 is 23.3 Å².